The molecule has 2 aromatic rings. The number of morpholine rings is 1. The Morgan fingerprint density at radius 1 is 1.25 bits per heavy atom. The number of aryl methyl sites for hydroxylation is 1. The third kappa shape index (κ3) is 2.80. The summed E-state index contributed by atoms with van der Waals surface area (Å²) in [5.41, 5.74) is 3.00. The Bertz CT molecular complexity index is 633. The molecule has 1 aliphatic heterocycles. The molecule has 1 amide bonds. The summed E-state index contributed by atoms with van der Waals surface area (Å²) in [5, 5.41) is 1.12. The third-order valence-electron chi connectivity index (χ3n) is 3.60. The first-order valence-corrected chi connectivity index (χ1v) is 6.94. The number of carbonyl (C=O) groups excluding carboxylic acids is 1. The molecule has 0 atom stereocenters. The van der Waals surface area contributed by atoms with Gasteiger partial charge in [0.15, 0.2) is 0 Å². The van der Waals surface area contributed by atoms with Crippen LogP contribution in [0.15, 0.2) is 30.3 Å². The average Bonchev–Trinajstić information content (AvgIpc) is 2.48. The minimum absolute atomic E-state index is 0.132. The van der Waals surface area contributed by atoms with Gasteiger partial charge in [0.2, 0.25) is 5.91 Å². The Hall–Kier alpha value is -1.94. The maximum Gasteiger partial charge on any atom is 0.228 e. The van der Waals surface area contributed by atoms with E-state index in [0.717, 1.165) is 16.6 Å². The van der Waals surface area contributed by atoms with Crippen molar-refractivity contribution in [3.05, 3.63) is 41.6 Å². The normalized spacial score (nSPS) is 15.6. The molecule has 0 unspecified atom stereocenters. The topological polar surface area (TPSA) is 42.4 Å². The number of amides is 1. The lowest BCUT2D eigenvalue weighted by atomic mass is 10.1. The van der Waals surface area contributed by atoms with Crippen LogP contribution in [0.2, 0.25) is 0 Å². The number of benzene rings is 1. The SMILES string of the molecule is Cc1ccc2nc(CC(=O)N3CCOCC3)ccc2c1. The lowest BCUT2D eigenvalue weighted by Gasteiger charge is -2.26. The third-order valence-corrected chi connectivity index (χ3v) is 3.60. The Morgan fingerprint density at radius 2 is 2.05 bits per heavy atom. The first-order valence-electron chi connectivity index (χ1n) is 6.94. The predicted octanol–water partition coefficient (Wildman–Crippen LogP) is 1.94. The van der Waals surface area contributed by atoms with Crippen LogP contribution < -0.4 is 0 Å². The maximum absolute atomic E-state index is 12.2. The van der Waals surface area contributed by atoms with Crippen molar-refractivity contribution in [2.75, 3.05) is 26.3 Å². The highest BCUT2D eigenvalue weighted by Gasteiger charge is 2.17. The molecule has 0 bridgehead atoms. The first-order chi connectivity index (χ1) is 9.72. The number of nitrogens with zero attached hydrogens (tertiary/aromatic N) is 2. The summed E-state index contributed by atoms with van der Waals surface area (Å²) in [5.74, 6) is 0.132. The van der Waals surface area contributed by atoms with Crippen molar-refractivity contribution in [1.29, 1.82) is 0 Å². The minimum atomic E-state index is 0.132. The molecule has 1 aromatic carbocycles. The molecule has 0 spiro atoms. The van der Waals surface area contributed by atoms with Crippen LogP contribution in [0.3, 0.4) is 0 Å². The number of ether oxygens (including phenoxy) is 1. The van der Waals surface area contributed by atoms with Crippen molar-refractivity contribution in [1.82, 2.24) is 9.88 Å². The van der Waals surface area contributed by atoms with Gasteiger partial charge in [-0.2, -0.15) is 0 Å². The molecule has 1 fully saturated rings. The van der Waals surface area contributed by atoms with Crippen LogP contribution >= 0.6 is 0 Å². The van der Waals surface area contributed by atoms with E-state index < -0.39 is 0 Å². The van der Waals surface area contributed by atoms with Gasteiger partial charge in [0.25, 0.3) is 0 Å². The largest absolute Gasteiger partial charge is 0.378 e. The summed E-state index contributed by atoms with van der Waals surface area (Å²) in [4.78, 5) is 18.6. The van der Waals surface area contributed by atoms with Gasteiger partial charge in [-0.25, -0.2) is 0 Å². The highest BCUT2D eigenvalue weighted by Crippen LogP contribution is 2.15. The zero-order valence-electron chi connectivity index (χ0n) is 11.6. The number of hydrogen-bond acceptors (Lipinski definition) is 3. The molecule has 3 rings (SSSR count). The van der Waals surface area contributed by atoms with Gasteiger partial charge in [-0.1, -0.05) is 17.7 Å². The summed E-state index contributed by atoms with van der Waals surface area (Å²) >= 11 is 0. The molecule has 0 N–H and O–H groups in total. The van der Waals surface area contributed by atoms with E-state index in [1.165, 1.54) is 5.56 Å². The van der Waals surface area contributed by atoms with Crippen LogP contribution in [-0.4, -0.2) is 42.1 Å². The Kier molecular flexibility index (Phi) is 3.65. The van der Waals surface area contributed by atoms with Crippen molar-refractivity contribution in [3.8, 4) is 0 Å². The number of aromatic nitrogens is 1. The zero-order valence-corrected chi connectivity index (χ0v) is 11.6. The summed E-state index contributed by atoms with van der Waals surface area (Å²) in [6, 6.07) is 10.1. The number of pyridine rings is 1. The predicted molar refractivity (Wildman–Crippen MR) is 77.6 cm³/mol. The summed E-state index contributed by atoms with van der Waals surface area (Å²) in [6.45, 7) is 4.71. The molecule has 2 heterocycles. The van der Waals surface area contributed by atoms with E-state index in [4.69, 9.17) is 4.74 Å². The lowest BCUT2D eigenvalue weighted by Crippen LogP contribution is -2.41. The van der Waals surface area contributed by atoms with Gasteiger partial charge in [-0.3, -0.25) is 9.78 Å². The monoisotopic (exact) mass is 270 g/mol. The van der Waals surface area contributed by atoms with E-state index in [0.29, 0.717) is 32.7 Å². The molecule has 0 radical (unpaired) electrons. The van der Waals surface area contributed by atoms with Gasteiger partial charge in [-0.05, 0) is 25.1 Å². The molecule has 4 nitrogen and oxygen atoms in total. The second-order valence-electron chi connectivity index (χ2n) is 5.17. The van der Waals surface area contributed by atoms with E-state index >= 15 is 0 Å². The molecule has 1 saturated heterocycles. The molecule has 0 aliphatic carbocycles. The summed E-state index contributed by atoms with van der Waals surface area (Å²) < 4.78 is 5.26. The van der Waals surface area contributed by atoms with Crippen LogP contribution in [0.4, 0.5) is 0 Å². The molecule has 0 saturated carbocycles. The fourth-order valence-corrected chi connectivity index (χ4v) is 2.47. The molecular weight excluding hydrogens is 252 g/mol. The van der Waals surface area contributed by atoms with E-state index in [9.17, 15) is 4.79 Å². The molecule has 4 heteroatoms. The molecular formula is C16H18N2O2. The highest BCUT2D eigenvalue weighted by molar-refractivity contribution is 5.82. The van der Waals surface area contributed by atoms with E-state index in [-0.39, 0.29) is 5.91 Å². The van der Waals surface area contributed by atoms with Crippen LogP contribution in [0.5, 0.6) is 0 Å². The first kappa shape index (κ1) is 13.1. The smallest absolute Gasteiger partial charge is 0.228 e. The van der Waals surface area contributed by atoms with Crippen molar-refractivity contribution in [2.45, 2.75) is 13.3 Å². The summed E-state index contributed by atoms with van der Waals surface area (Å²) in [7, 11) is 0. The zero-order chi connectivity index (χ0) is 13.9. The minimum Gasteiger partial charge on any atom is -0.378 e. The van der Waals surface area contributed by atoms with Crippen LogP contribution in [0.25, 0.3) is 10.9 Å². The van der Waals surface area contributed by atoms with Gasteiger partial charge < -0.3 is 9.64 Å². The molecule has 1 aromatic heterocycles. The fraction of sp³-hybridized carbons (Fsp3) is 0.375. The van der Waals surface area contributed by atoms with Crippen molar-refractivity contribution >= 4 is 16.8 Å². The van der Waals surface area contributed by atoms with Gasteiger partial charge in [-0.15, -0.1) is 0 Å². The molecule has 20 heavy (non-hydrogen) atoms. The van der Waals surface area contributed by atoms with Gasteiger partial charge in [0.05, 0.1) is 30.8 Å². The summed E-state index contributed by atoms with van der Waals surface area (Å²) in [6.07, 6.45) is 0.365. The fourth-order valence-electron chi connectivity index (χ4n) is 2.47. The molecule has 104 valence electrons. The van der Waals surface area contributed by atoms with Gasteiger partial charge in [0.1, 0.15) is 0 Å². The standard InChI is InChI=1S/C16H18N2O2/c1-12-2-5-15-13(10-12)3-4-14(17-15)11-16(19)18-6-8-20-9-7-18/h2-5,10H,6-9,11H2,1H3. The maximum atomic E-state index is 12.2. The van der Waals surface area contributed by atoms with E-state index in [1.54, 1.807) is 0 Å². The van der Waals surface area contributed by atoms with Crippen molar-refractivity contribution < 1.29 is 9.53 Å². The van der Waals surface area contributed by atoms with E-state index in [1.807, 2.05) is 29.2 Å². The Morgan fingerprint density at radius 3 is 2.85 bits per heavy atom. The molecule has 1 aliphatic rings. The Labute approximate surface area is 118 Å². The Balaban J connectivity index is 1.76. The average molecular weight is 270 g/mol. The number of carbonyl (C=O) groups is 1. The number of rotatable bonds is 2. The number of fused-ring (bicyclic) bond motifs is 1. The second-order valence-corrected chi connectivity index (χ2v) is 5.17. The van der Waals surface area contributed by atoms with Gasteiger partial charge in [0, 0.05) is 18.5 Å². The van der Waals surface area contributed by atoms with Crippen molar-refractivity contribution in [3.63, 3.8) is 0 Å². The second kappa shape index (κ2) is 5.59. The lowest BCUT2D eigenvalue weighted by molar-refractivity contribution is -0.134. The highest BCUT2D eigenvalue weighted by atomic mass is 16.5. The van der Waals surface area contributed by atoms with Crippen LogP contribution in [0.1, 0.15) is 11.3 Å². The van der Waals surface area contributed by atoms with Crippen LogP contribution in [-0.2, 0) is 16.0 Å². The van der Waals surface area contributed by atoms with Gasteiger partial charge >= 0.3 is 0 Å². The van der Waals surface area contributed by atoms with Crippen molar-refractivity contribution in [2.24, 2.45) is 0 Å². The number of hydrogen-bond donors (Lipinski definition) is 0. The quantitative estimate of drug-likeness (QED) is 0.837. The van der Waals surface area contributed by atoms with E-state index in [2.05, 4.69) is 18.0 Å². The van der Waals surface area contributed by atoms with Crippen LogP contribution in [0, 0.1) is 6.92 Å².